The van der Waals surface area contributed by atoms with Crippen LogP contribution in [0.5, 0.6) is 0 Å². The summed E-state index contributed by atoms with van der Waals surface area (Å²) >= 11 is 0. The highest BCUT2D eigenvalue weighted by atomic mass is 16.2. The Morgan fingerprint density at radius 1 is 1.09 bits per heavy atom. The van der Waals surface area contributed by atoms with Gasteiger partial charge in [-0.3, -0.25) is 19.2 Å². The van der Waals surface area contributed by atoms with Crippen molar-refractivity contribution in [2.45, 2.75) is 33.2 Å². The summed E-state index contributed by atoms with van der Waals surface area (Å²) in [5.74, 6) is -0.101. The maximum atomic E-state index is 11.9. The molecule has 2 N–H and O–H groups in total. The van der Waals surface area contributed by atoms with E-state index in [1.54, 1.807) is 10.9 Å². The Kier molecular flexibility index (Phi) is 8.90. The van der Waals surface area contributed by atoms with E-state index >= 15 is 0 Å². The van der Waals surface area contributed by atoms with Crippen LogP contribution in [0.15, 0.2) is 18.5 Å². The van der Waals surface area contributed by atoms with Crippen LogP contribution in [0.2, 0.25) is 0 Å². The monoisotopic (exact) mass is 309 g/mol. The van der Waals surface area contributed by atoms with Gasteiger partial charge < -0.3 is 10.6 Å². The maximum Gasteiger partial charge on any atom is 0.234 e. The third-order valence-corrected chi connectivity index (χ3v) is 3.08. The first-order chi connectivity index (χ1) is 10.7. The van der Waals surface area contributed by atoms with Gasteiger partial charge in [0, 0.05) is 32.0 Å². The minimum Gasteiger partial charge on any atom is -0.355 e. The van der Waals surface area contributed by atoms with Crippen molar-refractivity contribution in [3.8, 4) is 0 Å². The Hall–Kier alpha value is -1.89. The average Bonchev–Trinajstić information content (AvgIpc) is 3.02. The Labute approximate surface area is 132 Å². The molecule has 0 spiro atoms. The molecule has 2 amide bonds. The molecular formula is C15H27N5O2. The van der Waals surface area contributed by atoms with Crippen LogP contribution < -0.4 is 10.6 Å². The van der Waals surface area contributed by atoms with E-state index in [0.717, 1.165) is 12.8 Å². The summed E-state index contributed by atoms with van der Waals surface area (Å²) in [7, 11) is 0. The standard InChI is InChI=1S/C15H27N5O2/c1-3-6-16-14(21)12-19(13-15(22)17-7-4-2)10-11-20-9-5-8-18-20/h5,8-9H,3-4,6-7,10-13H2,1-2H3,(H,16,21)(H,17,22). The Morgan fingerprint density at radius 3 is 2.14 bits per heavy atom. The van der Waals surface area contributed by atoms with Crippen molar-refractivity contribution in [1.29, 1.82) is 0 Å². The van der Waals surface area contributed by atoms with Crippen molar-refractivity contribution in [3.63, 3.8) is 0 Å². The summed E-state index contributed by atoms with van der Waals surface area (Å²) < 4.78 is 1.79. The summed E-state index contributed by atoms with van der Waals surface area (Å²) in [6.07, 6.45) is 5.38. The average molecular weight is 309 g/mol. The maximum absolute atomic E-state index is 11.9. The zero-order chi connectivity index (χ0) is 16.2. The number of hydrogen-bond donors (Lipinski definition) is 2. The molecule has 0 saturated heterocycles. The van der Waals surface area contributed by atoms with E-state index in [2.05, 4.69) is 15.7 Å². The molecule has 0 fully saturated rings. The van der Waals surface area contributed by atoms with E-state index in [0.29, 0.717) is 26.2 Å². The molecule has 1 rings (SSSR count). The first-order valence-electron chi connectivity index (χ1n) is 7.88. The molecular weight excluding hydrogens is 282 g/mol. The smallest absolute Gasteiger partial charge is 0.234 e. The summed E-state index contributed by atoms with van der Waals surface area (Å²) in [6, 6.07) is 1.85. The van der Waals surface area contributed by atoms with Gasteiger partial charge in [0.2, 0.25) is 11.8 Å². The normalized spacial score (nSPS) is 10.7. The van der Waals surface area contributed by atoms with Gasteiger partial charge in [0.25, 0.3) is 0 Å². The number of carbonyl (C=O) groups is 2. The van der Waals surface area contributed by atoms with Gasteiger partial charge in [0.15, 0.2) is 0 Å². The van der Waals surface area contributed by atoms with Crippen LogP contribution in [0.4, 0.5) is 0 Å². The van der Waals surface area contributed by atoms with E-state index in [9.17, 15) is 9.59 Å². The molecule has 0 atom stereocenters. The third-order valence-electron chi connectivity index (χ3n) is 3.08. The highest BCUT2D eigenvalue weighted by Gasteiger charge is 2.14. The summed E-state index contributed by atoms with van der Waals surface area (Å²) in [5, 5.41) is 9.81. The molecule has 1 aromatic heterocycles. The predicted molar refractivity (Wildman–Crippen MR) is 85.3 cm³/mol. The van der Waals surface area contributed by atoms with Crippen LogP contribution in [0.3, 0.4) is 0 Å². The molecule has 1 heterocycles. The molecule has 0 bridgehead atoms. The first-order valence-corrected chi connectivity index (χ1v) is 7.88. The lowest BCUT2D eigenvalue weighted by atomic mass is 10.3. The molecule has 0 aliphatic rings. The first kappa shape index (κ1) is 18.2. The van der Waals surface area contributed by atoms with Crippen LogP contribution in [-0.4, -0.2) is 59.2 Å². The number of aromatic nitrogens is 2. The van der Waals surface area contributed by atoms with Crippen LogP contribution in [0.25, 0.3) is 0 Å². The van der Waals surface area contributed by atoms with Crippen molar-refractivity contribution in [2.75, 3.05) is 32.7 Å². The number of amides is 2. The Bertz CT molecular complexity index is 411. The van der Waals surface area contributed by atoms with Gasteiger partial charge in [-0.15, -0.1) is 0 Å². The number of nitrogens with one attached hydrogen (secondary N) is 2. The number of rotatable bonds is 11. The van der Waals surface area contributed by atoms with Crippen molar-refractivity contribution in [1.82, 2.24) is 25.3 Å². The van der Waals surface area contributed by atoms with E-state index in [1.165, 1.54) is 0 Å². The highest BCUT2D eigenvalue weighted by molar-refractivity contribution is 5.81. The molecule has 0 saturated carbocycles. The molecule has 0 aliphatic heterocycles. The molecule has 0 unspecified atom stereocenters. The van der Waals surface area contributed by atoms with Crippen molar-refractivity contribution >= 4 is 11.8 Å². The van der Waals surface area contributed by atoms with Crippen molar-refractivity contribution < 1.29 is 9.59 Å². The summed E-state index contributed by atoms with van der Waals surface area (Å²) in [4.78, 5) is 25.6. The van der Waals surface area contributed by atoms with Gasteiger partial charge in [-0.05, 0) is 18.9 Å². The second-order valence-electron chi connectivity index (χ2n) is 5.18. The lowest BCUT2D eigenvalue weighted by molar-refractivity contribution is -0.125. The lowest BCUT2D eigenvalue weighted by Crippen LogP contribution is -2.44. The van der Waals surface area contributed by atoms with Crippen molar-refractivity contribution in [3.05, 3.63) is 18.5 Å². The SMILES string of the molecule is CCCNC(=O)CN(CCn1cccn1)CC(=O)NCCC. The van der Waals surface area contributed by atoms with E-state index in [4.69, 9.17) is 0 Å². The molecule has 22 heavy (non-hydrogen) atoms. The quantitative estimate of drug-likeness (QED) is 0.613. The fourth-order valence-electron chi connectivity index (χ4n) is 1.94. The van der Waals surface area contributed by atoms with Crippen molar-refractivity contribution in [2.24, 2.45) is 0 Å². The predicted octanol–water partition coefficient (Wildman–Crippen LogP) is 0.238. The zero-order valence-corrected chi connectivity index (χ0v) is 13.5. The second-order valence-corrected chi connectivity index (χ2v) is 5.18. The van der Waals surface area contributed by atoms with Crippen LogP contribution in [-0.2, 0) is 16.1 Å². The number of hydrogen-bond acceptors (Lipinski definition) is 4. The third kappa shape index (κ3) is 7.78. The number of nitrogens with zero attached hydrogens (tertiary/aromatic N) is 3. The van der Waals surface area contributed by atoms with Gasteiger partial charge in [-0.2, -0.15) is 5.10 Å². The minimum absolute atomic E-state index is 0.0504. The van der Waals surface area contributed by atoms with E-state index < -0.39 is 0 Å². The van der Waals surface area contributed by atoms with Gasteiger partial charge in [0.1, 0.15) is 0 Å². The molecule has 7 heteroatoms. The Balaban J connectivity index is 2.47. The lowest BCUT2D eigenvalue weighted by Gasteiger charge is -2.21. The largest absolute Gasteiger partial charge is 0.355 e. The van der Waals surface area contributed by atoms with Gasteiger partial charge >= 0.3 is 0 Å². The summed E-state index contributed by atoms with van der Waals surface area (Å²) in [5.41, 5.74) is 0. The second kappa shape index (κ2) is 10.8. The highest BCUT2D eigenvalue weighted by Crippen LogP contribution is 1.93. The topological polar surface area (TPSA) is 79.3 Å². The fourth-order valence-corrected chi connectivity index (χ4v) is 1.94. The minimum atomic E-state index is -0.0504. The molecule has 0 radical (unpaired) electrons. The van der Waals surface area contributed by atoms with Gasteiger partial charge in [-0.25, -0.2) is 0 Å². The van der Waals surface area contributed by atoms with Crippen LogP contribution in [0.1, 0.15) is 26.7 Å². The zero-order valence-electron chi connectivity index (χ0n) is 13.5. The summed E-state index contributed by atoms with van der Waals surface area (Å²) in [6.45, 7) is 7.03. The molecule has 124 valence electrons. The van der Waals surface area contributed by atoms with Gasteiger partial charge in [-0.1, -0.05) is 13.8 Å². The number of carbonyl (C=O) groups excluding carboxylic acids is 2. The van der Waals surface area contributed by atoms with E-state index in [1.807, 2.05) is 31.0 Å². The molecule has 0 aliphatic carbocycles. The molecule has 7 nitrogen and oxygen atoms in total. The molecule has 1 aromatic rings. The fraction of sp³-hybridized carbons (Fsp3) is 0.667. The Morgan fingerprint density at radius 2 is 1.68 bits per heavy atom. The van der Waals surface area contributed by atoms with Crippen LogP contribution >= 0.6 is 0 Å². The molecule has 0 aromatic carbocycles. The van der Waals surface area contributed by atoms with Crippen LogP contribution in [0, 0.1) is 0 Å². The van der Waals surface area contributed by atoms with Gasteiger partial charge in [0.05, 0.1) is 19.6 Å². The van der Waals surface area contributed by atoms with E-state index in [-0.39, 0.29) is 24.9 Å².